The van der Waals surface area contributed by atoms with E-state index in [0.717, 1.165) is 6.07 Å². The number of ether oxygens (including phenoxy) is 1. The molecule has 1 aromatic carbocycles. The van der Waals surface area contributed by atoms with Gasteiger partial charge in [-0.2, -0.15) is 13.2 Å². The first-order valence-corrected chi connectivity index (χ1v) is 3.94. The Balaban J connectivity index is 3.05. The zero-order chi connectivity index (χ0) is 9.90. The molecule has 0 aliphatic rings. The standard InChI is InChI=1S/C8H6ClF3O/c9-5-13-7-4-2-1-3-6(7)8(10,11)12/h1-4H,5H2. The molecule has 0 radical (unpaired) electrons. The van der Waals surface area contributed by atoms with Crippen molar-refractivity contribution in [1.82, 2.24) is 0 Å². The molecular formula is C8H6ClF3O. The third-order valence-corrected chi connectivity index (χ3v) is 1.51. The summed E-state index contributed by atoms with van der Waals surface area (Å²) in [5, 5.41) is 0. The van der Waals surface area contributed by atoms with Crippen molar-refractivity contribution in [2.45, 2.75) is 6.18 Å². The average Bonchev–Trinajstić information content (AvgIpc) is 2.04. The summed E-state index contributed by atoms with van der Waals surface area (Å²) >= 11 is 5.17. The molecule has 1 aromatic rings. The molecule has 0 aromatic heterocycles. The van der Waals surface area contributed by atoms with Gasteiger partial charge in [0.25, 0.3) is 0 Å². The summed E-state index contributed by atoms with van der Waals surface area (Å²) < 4.78 is 41.4. The number of alkyl halides is 4. The summed E-state index contributed by atoms with van der Waals surface area (Å²) in [6, 6.07) is 4.63. The summed E-state index contributed by atoms with van der Waals surface area (Å²) in [5.41, 5.74) is -0.810. The third kappa shape index (κ3) is 2.52. The summed E-state index contributed by atoms with van der Waals surface area (Å²) in [6.45, 7) is 0. The molecule has 0 N–H and O–H groups in total. The second-order valence-electron chi connectivity index (χ2n) is 2.25. The summed E-state index contributed by atoms with van der Waals surface area (Å²) in [7, 11) is 0. The lowest BCUT2D eigenvalue weighted by Crippen LogP contribution is -2.07. The van der Waals surface area contributed by atoms with Crippen molar-refractivity contribution in [1.29, 1.82) is 0 Å². The minimum atomic E-state index is -4.40. The lowest BCUT2D eigenvalue weighted by Gasteiger charge is -2.11. The van der Waals surface area contributed by atoms with E-state index in [1.54, 1.807) is 0 Å². The summed E-state index contributed by atoms with van der Waals surface area (Å²) in [5.74, 6) is -0.245. The third-order valence-electron chi connectivity index (χ3n) is 1.40. The van der Waals surface area contributed by atoms with Crippen LogP contribution in [0, 0.1) is 0 Å². The molecular weight excluding hydrogens is 205 g/mol. The van der Waals surface area contributed by atoms with Gasteiger partial charge in [0.1, 0.15) is 5.75 Å². The van der Waals surface area contributed by atoms with Crippen molar-refractivity contribution < 1.29 is 17.9 Å². The number of para-hydroxylation sites is 1. The maximum atomic E-state index is 12.2. The van der Waals surface area contributed by atoms with Crippen molar-refractivity contribution in [3.63, 3.8) is 0 Å². The van der Waals surface area contributed by atoms with Crippen molar-refractivity contribution >= 4 is 11.6 Å². The van der Waals surface area contributed by atoms with E-state index in [1.165, 1.54) is 18.2 Å². The van der Waals surface area contributed by atoms with Crippen LogP contribution in [-0.2, 0) is 6.18 Å². The van der Waals surface area contributed by atoms with Crippen LogP contribution in [0.2, 0.25) is 0 Å². The van der Waals surface area contributed by atoms with E-state index in [2.05, 4.69) is 4.74 Å². The highest BCUT2D eigenvalue weighted by molar-refractivity contribution is 6.17. The summed E-state index contributed by atoms with van der Waals surface area (Å²) in [6.07, 6.45) is -4.40. The van der Waals surface area contributed by atoms with Gasteiger partial charge in [-0.05, 0) is 12.1 Å². The molecule has 1 nitrogen and oxygen atoms in total. The largest absolute Gasteiger partial charge is 0.477 e. The summed E-state index contributed by atoms with van der Waals surface area (Å²) in [4.78, 5) is 0. The first kappa shape index (κ1) is 10.2. The lowest BCUT2D eigenvalue weighted by molar-refractivity contribution is -0.138. The van der Waals surface area contributed by atoms with Gasteiger partial charge in [0, 0.05) is 0 Å². The van der Waals surface area contributed by atoms with Gasteiger partial charge in [-0.3, -0.25) is 0 Å². The van der Waals surface area contributed by atoms with Gasteiger partial charge in [0.2, 0.25) is 0 Å². The molecule has 1 rings (SSSR count). The Labute approximate surface area is 78.1 Å². The highest BCUT2D eigenvalue weighted by Gasteiger charge is 2.33. The van der Waals surface area contributed by atoms with E-state index in [0.29, 0.717) is 0 Å². The molecule has 0 amide bonds. The predicted octanol–water partition coefficient (Wildman–Crippen LogP) is 3.28. The van der Waals surface area contributed by atoms with E-state index in [4.69, 9.17) is 11.6 Å². The Morgan fingerprint density at radius 2 is 1.85 bits per heavy atom. The van der Waals surface area contributed by atoms with Gasteiger partial charge in [0.05, 0.1) is 5.56 Å². The van der Waals surface area contributed by atoms with Crippen LogP contribution < -0.4 is 4.74 Å². The number of hydrogen-bond acceptors (Lipinski definition) is 1. The number of rotatable bonds is 2. The maximum absolute atomic E-state index is 12.2. The van der Waals surface area contributed by atoms with Crippen LogP contribution >= 0.6 is 11.6 Å². The fourth-order valence-corrected chi connectivity index (χ4v) is 1.00. The molecule has 0 spiro atoms. The highest BCUT2D eigenvalue weighted by Crippen LogP contribution is 2.35. The van der Waals surface area contributed by atoms with Crippen molar-refractivity contribution in [2.24, 2.45) is 0 Å². The van der Waals surface area contributed by atoms with Gasteiger partial charge in [0.15, 0.2) is 6.07 Å². The van der Waals surface area contributed by atoms with E-state index < -0.39 is 11.7 Å². The number of halogens is 4. The zero-order valence-corrected chi connectivity index (χ0v) is 7.19. The molecule has 13 heavy (non-hydrogen) atoms. The van der Waals surface area contributed by atoms with E-state index in [1.807, 2.05) is 0 Å². The predicted molar refractivity (Wildman–Crippen MR) is 42.8 cm³/mol. The lowest BCUT2D eigenvalue weighted by atomic mass is 10.2. The molecule has 0 aliphatic heterocycles. The van der Waals surface area contributed by atoms with Crippen molar-refractivity contribution in [2.75, 3.05) is 6.07 Å². The van der Waals surface area contributed by atoms with Gasteiger partial charge >= 0.3 is 6.18 Å². The SMILES string of the molecule is FC(F)(F)c1ccccc1OCCl. The van der Waals surface area contributed by atoms with E-state index in [9.17, 15) is 13.2 Å². The fraction of sp³-hybridized carbons (Fsp3) is 0.250. The quantitative estimate of drug-likeness (QED) is 0.681. The maximum Gasteiger partial charge on any atom is 0.419 e. The van der Waals surface area contributed by atoms with Gasteiger partial charge in [-0.15, -0.1) is 0 Å². The van der Waals surface area contributed by atoms with Crippen molar-refractivity contribution in [3.8, 4) is 5.75 Å². The average molecular weight is 211 g/mol. The van der Waals surface area contributed by atoms with Gasteiger partial charge in [-0.25, -0.2) is 0 Å². The van der Waals surface area contributed by atoms with Crippen LogP contribution in [0.15, 0.2) is 24.3 Å². The molecule has 5 heteroatoms. The first-order valence-electron chi connectivity index (χ1n) is 3.40. The topological polar surface area (TPSA) is 9.23 Å². The monoisotopic (exact) mass is 210 g/mol. The van der Waals surface area contributed by atoms with Crippen LogP contribution in [0.1, 0.15) is 5.56 Å². The smallest absolute Gasteiger partial charge is 0.419 e. The van der Waals surface area contributed by atoms with Crippen LogP contribution in [0.5, 0.6) is 5.75 Å². The Morgan fingerprint density at radius 1 is 1.23 bits per heavy atom. The molecule has 0 aliphatic carbocycles. The number of hydrogen-bond donors (Lipinski definition) is 0. The van der Waals surface area contributed by atoms with Crippen molar-refractivity contribution in [3.05, 3.63) is 29.8 Å². The van der Waals surface area contributed by atoms with Crippen LogP contribution in [-0.4, -0.2) is 6.07 Å². The zero-order valence-electron chi connectivity index (χ0n) is 6.44. The van der Waals surface area contributed by atoms with Gasteiger partial charge < -0.3 is 4.74 Å². The fourth-order valence-electron chi connectivity index (χ4n) is 0.885. The minimum Gasteiger partial charge on any atom is -0.477 e. The molecule has 0 unspecified atom stereocenters. The molecule has 0 fully saturated rings. The van der Waals surface area contributed by atoms with E-state index in [-0.39, 0.29) is 11.8 Å². The van der Waals surface area contributed by atoms with Crippen LogP contribution in [0.4, 0.5) is 13.2 Å². The van der Waals surface area contributed by atoms with Gasteiger partial charge in [-0.1, -0.05) is 23.7 Å². The Morgan fingerprint density at radius 3 is 2.38 bits per heavy atom. The Hall–Kier alpha value is -0.900. The molecule has 0 saturated carbocycles. The normalized spacial score (nSPS) is 11.4. The minimum absolute atomic E-state index is 0.245. The van der Waals surface area contributed by atoms with E-state index >= 15 is 0 Å². The molecule has 0 bridgehead atoms. The molecule has 0 heterocycles. The second-order valence-corrected chi connectivity index (χ2v) is 2.47. The van der Waals surface area contributed by atoms with Crippen LogP contribution in [0.3, 0.4) is 0 Å². The first-order chi connectivity index (χ1) is 6.05. The highest BCUT2D eigenvalue weighted by atomic mass is 35.5. The molecule has 0 saturated heterocycles. The molecule has 72 valence electrons. The molecule has 0 atom stereocenters. The van der Waals surface area contributed by atoms with Crippen LogP contribution in [0.25, 0.3) is 0 Å². The second kappa shape index (κ2) is 3.87. The Kier molecular flexibility index (Phi) is 3.03. The Bertz CT molecular complexity index is 285. The number of benzene rings is 1.